The lowest BCUT2D eigenvalue weighted by Gasteiger charge is -2.11. The molecular formula is C15H17FN2O3S. The van der Waals surface area contributed by atoms with Gasteiger partial charge in [0, 0.05) is 6.07 Å². The summed E-state index contributed by atoms with van der Waals surface area (Å²) >= 11 is 0. The standard InChI is InChI=1S/C15H17FN2O3S/c1-11-14(6-7-15(17-11)21-2)18-22(19,20)9-8-12-4-3-5-13(16)10-12/h3-7,10,18H,8-9H2,1-2H3. The maximum Gasteiger partial charge on any atom is 0.233 e. The Morgan fingerprint density at radius 3 is 2.68 bits per heavy atom. The van der Waals surface area contributed by atoms with Gasteiger partial charge in [-0.05, 0) is 37.1 Å². The van der Waals surface area contributed by atoms with Crippen LogP contribution in [-0.2, 0) is 16.4 Å². The smallest absolute Gasteiger partial charge is 0.233 e. The number of ether oxygens (including phenoxy) is 1. The molecule has 1 aromatic carbocycles. The first-order chi connectivity index (χ1) is 10.4. The Kier molecular flexibility index (Phi) is 4.97. The number of nitrogens with zero attached hydrogens (tertiary/aromatic N) is 1. The summed E-state index contributed by atoms with van der Waals surface area (Å²) in [6, 6.07) is 9.08. The van der Waals surface area contributed by atoms with Gasteiger partial charge in [-0.25, -0.2) is 17.8 Å². The molecule has 0 aliphatic carbocycles. The third-order valence-corrected chi connectivity index (χ3v) is 4.36. The molecule has 0 aliphatic heterocycles. The highest BCUT2D eigenvalue weighted by molar-refractivity contribution is 7.92. The van der Waals surface area contributed by atoms with Gasteiger partial charge in [0.15, 0.2) is 0 Å². The van der Waals surface area contributed by atoms with Gasteiger partial charge in [-0.15, -0.1) is 0 Å². The Morgan fingerprint density at radius 1 is 1.27 bits per heavy atom. The minimum Gasteiger partial charge on any atom is -0.481 e. The number of hydrogen-bond acceptors (Lipinski definition) is 4. The normalized spacial score (nSPS) is 11.2. The summed E-state index contributed by atoms with van der Waals surface area (Å²) in [6.07, 6.45) is 0.232. The molecule has 0 fully saturated rings. The van der Waals surface area contributed by atoms with Gasteiger partial charge in [-0.3, -0.25) is 4.72 Å². The van der Waals surface area contributed by atoms with E-state index in [1.54, 1.807) is 31.2 Å². The van der Waals surface area contributed by atoms with E-state index in [9.17, 15) is 12.8 Å². The molecule has 118 valence electrons. The number of hydrogen-bond donors (Lipinski definition) is 1. The van der Waals surface area contributed by atoms with Crippen LogP contribution in [0.1, 0.15) is 11.3 Å². The molecule has 0 amide bonds. The second kappa shape index (κ2) is 6.74. The summed E-state index contributed by atoms with van der Waals surface area (Å²) in [5, 5.41) is 0. The summed E-state index contributed by atoms with van der Waals surface area (Å²) in [7, 11) is -2.05. The topological polar surface area (TPSA) is 68.3 Å². The van der Waals surface area contributed by atoms with Gasteiger partial charge in [0.1, 0.15) is 5.82 Å². The van der Waals surface area contributed by atoms with Crippen molar-refractivity contribution in [2.45, 2.75) is 13.3 Å². The lowest BCUT2D eigenvalue weighted by molar-refractivity contribution is 0.397. The molecule has 0 aliphatic rings. The number of halogens is 1. The molecule has 0 unspecified atom stereocenters. The number of nitrogens with one attached hydrogen (secondary N) is 1. The van der Waals surface area contributed by atoms with E-state index >= 15 is 0 Å². The highest BCUT2D eigenvalue weighted by atomic mass is 32.2. The summed E-state index contributed by atoms with van der Waals surface area (Å²) in [5.74, 6) is -0.0969. The molecule has 0 saturated heterocycles. The third-order valence-electron chi connectivity index (χ3n) is 3.08. The molecule has 0 radical (unpaired) electrons. The fourth-order valence-corrected chi connectivity index (χ4v) is 3.08. The molecule has 2 rings (SSSR count). The summed E-state index contributed by atoms with van der Waals surface area (Å²) in [4.78, 5) is 4.11. The fraction of sp³-hybridized carbons (Fsp3) is 0.267. The molecule has 22 heavy (non-hydrogen) atoms. The van der Waals surface area contributed by atoms with Crippen molar-refractivity contribution in [1.82, 2.24) is 4.98 Å². The largest absolute Gasteiger partial charge is 0.481 e. The molecule has 7 heteroatoms. The molecule has 5 nitrogen and oxygen atoms in total. The Labute approximate surface area is 129 Å². The number of methoxy groups -OCH3 is 1. The molecule has 0 saturated carbocycles. The first-order valence-corrected chi connectivity index (χ1v) is 8.31. The first-order valence-electron chi connectivity index (χ1n) is 6.66. The number of benzene rings is 1. The van der Waals surface area contributed by atoms with Gasteiger partial charge in [0.05, 0.1) is 24.2 Å². The average Bonchev–Trinajstić information content (AvgIpc) is 2.47. The molecule has 0 bridgehead atoms. The van der Waals surface area contributed by atoms with Crippen LogP contribution in [0.2, 0.25) is 0 Å². The fourth-order valence-electron chi connectivity index (χ4n) is 1.92. The van der Waals surface area contributed by atoms with Crippen LogP contribution in [0.5, 0.6) is 5.88 Å². The van der Waals surface area contributed by atoms with Crippen molar-refractivity contribution in [3.63, 3.8) is 0 Å². The minimum atomic E-state index is -3.54. The van der Waals surface area contributed by atoms with E-state index in [0.717, 1.165) is 0 Å². The summed E-state index contributed by atoms with van der Waals surface area (Å²) in [6.45, 7) is 1.69. The van der Waals surface area contributed by atoms with Gasteiger partial charge in [0.2, 0.25) is 15.9 Å². The van der Waals surface area contributed by atoms with Gasteiger partial charge >= 0.3 is 0 Å². The molecular weight excluding hydrogens is 307 g/mol. The zero-order valence-corrected chi connectivity index (χ0v) is 13.2. The number of aryl methyl sites for hydroxylation is 2. The van der Waals surface area contributed by atoms with Crippen molar-refractivity contribution in [3.8, 4) is 5.88 Å². The van der Waals surface area contributed by atoms with Crippen molar-refractivity contribution in [2.75, 3.05) is 17.6 Å². The van der Waals surface area contributed by atoms with Crippen LogP contribution < -0.4 is 9.46 Å². The van der Waals surface area contributed by atoms with E-state index in [1.807, 2.05) is 0 Å². The van der Waals surface area contributed by atoms with Crippen molar-refractivity contribution in [2.24, 2.45) is 0 Å². The van der Waals surface area contributed by atoms with Gasteiger partial charge in [0.25, 0.3) is 0 Å². The lowest BCUT2D eigenvalue weighted by Crippen LogP contribution is -2.19. The van der Waals surface area contributed by atoms with Crippen LogP contribution in [0.25, 0.3) is 0 Å². The average molecular weight is 324 g/mol. The Hall–Kier alpha value is -2.15. The lowest BCUT2D eigenvalue weighted by atomic mass is 10.2. The van der Waals surface area contributed by atoms with Gasteiger partial charge in [-0.2, -0.15) is 0 Å². The van der Waals surface area contributed by atoms with Crippen molar-refractivity contribution >= 4 is 15.7 Å². The zero-order valence-electron chi connectivity index (χ0n) is 12.3. The molecule has 1 N–H and O–H groups in total. The van der Waals surface area contributed by atoms with Crippen LogP contribution in [0, 0.1) is 12.7 Å². The quantitative estimate of drug-likeness (QED) is 0.886. The van der Waals surface area contributed by atoms with E-state index in [0.29, 0.717) is 22.8 Å². The maximum absolute atomic E-state index is 13.1. The SMILES string of the molecule is COc1ccc(NS(=O)(=O)CCc2cccc(F)c2)c(C)n1. The van der Waals surface area contributed by atoms with E-state index in [2.05, 4.69) is 9.71 Å². The van der Waals surface area contributed by atoms with E-state index < -0.39 is 10.0 Å². The highest BCUT2D eigenvalue weighted by Crippen LogP contribution is 2.18. The first kappa shape index (κ1) is 16.2. The molecule has 0 spiro atoms. The van der Waals surface area contributed by atoms with Crippen LogP contribution >= 0.6 is 0 Å². The van der Waals surface area contributed by atoms with Crippen LogP contribution in [0.4, 0.5) is 10.1 Å². The predicted octanol–water partition coefficient (Wildman–Crippen LogP) is 2.52. The van der Waals surface area contributed by atoms with Crippen molar-refractivity contribution in [3.05, 3.63) is 53.5 Å². The molecule has 1 heterocycles. The van der Waals surface area contributed by atoms with Gasteiger partial charge < -0.3 is 4.74 Å². The van der Waals surface area contributed by atoms with Crippen LogP contribution in [-0.4, -0.2) is 26.3 Å². The number of sulfonamides is 1. The van der Waals surface area contributed by atoms with Crippen LogP contribution in [0.15, 0.2) is 36.4 Å². The summed E-state index contributed by atoms with van der Waals surface area (Å²) in [5.41, 5.74) is 1.56. The Bertz CT molecular complexity index is 763. The van der Waals surface area contributed by atoms with E-state index in [4.69, 9.17) is 4.74 Å². The molecule has 2 aromatic rings. The van der Waals surface area contributed by atoms with Gasteiger partial charge in [-0.1, -0.05) is 12.1 Å². The molecule has 0 atom stereocenters. The zero-order chi connectivity index (χ0) is 16.2. The second-order valence-electron chi connectivity index (χ2n) is 4.79. The van der Waals surface area contributed by atoms with E-state index in [-0.39, 0.29) is 18.0 Å². The number of anilines is 1. The second-order valence-corrected chi connectivity index (χ2v) is 6.63. The maximum atomic E-state index is 13.1. The monoisotopic (exact) mass is 324 g/mol. The predicted molar refractivity (Wildman–Crippen MR) is 83.0 cm³/mol. The minimum absolute atomic E-state index is 0.137. The van der Waals surface area contributed by atoms with Crippen molar-refractivity contribution < 1.29 is 17.5 Å². The van der Waals surface area contributed by atoms with Crippen molar-refractivity contribution in [1.29, 1.82) is 0 Å². The summed E-state index contributed by atoms with van der Waals surface area (Å²) < 4.78 is 44.7. The Morgan fingerprint density at radius 2 is 2.05 bits per heavy atom. The Balaban J connectivity index is 2.05. The number of pyridine rings is 1. The molecule has 1 aromatic heterocycles. The highest BCUT2D eigenvalue weighted by Gasteiger charge is 2.13. The number of aromatic nitrogens is 1. The van der Waals surface area contributed by atoms with Crippen LogP contribution in [0.3, 0.4) is 0 Å². The van der Waals surface area contributed by atoms with E-state index in [1.165, 1.54) is 19.2 Å². The third kappa shape index (κ3) is 4.42. The number of rotatable bonds is 6.